The number of sulfonamides is 1. The van der Waals surface area contributed by atoms with E-state index in [0.29, 0.717) is 37.4 Å². The normalized spacial score (nSPS) is 18.7. The van der Waals surface area contributed by atoms with Gasteiger partial charge in [-0.05, 0) is 71.8 Å². The highest BCUT2D eigenvalue weighted by molar-refractivity contribution is 7.89. The number of carbonyl (C=O) groups excluding carboxylic acids is 1. The van der Waals surface area contributed by atoms with E-state index in [1.807, 2.05) is 29.6 Å². The molecule has 1 saturated heterocycles. The molecule has 0 unspecified atom stereocenters. The van der Waals surface area contributed by atoms with Crippen molar-refractivity contribution in [1.29, 1.82) is 0 Å². The van der Waals surface area contributed by atoms with Gasteiger partial charge in [-0.2, -0.15) is 4.31 Å². The number of hydrogen-bond acceptors (Lipinski definition) is 6. The van der Waals surface area contributed by atoms with Gasteiger partial charge in [-0.15, -0.1) is 11.3 Å². The van der Waals surface area contributed by atoms with Crippen molar-refractivity contribution in [2.45, 2.75) is 30.2 Å². The van der Waals surface area contributed by atoms with E-state index in [1.165, 1.54) is 11.3 Å². The molecule has 1 atom stereocenters. The lowest BCUT2D eigenvalue weighted by Crippen LogP contribution is -2.40. The molecule has 2 aliphatic heterocycles. The average molecular weight is 499 g/mol. The van der Waals surface area contributed by atoms with E-state index >= 15 is 0 Å². The van der Waals surface area contributed by atoms with Gasteiger partial charge in [-0.1, -0.05) is 6.07 Å². The minimum atomic E-state index is -3.80. The van der Waals surface area contributed by atoms with Crippen molar-refractivity contribution in [3.63, 3.8) is 0 Å². The van der Waals surface area contributed by atoms with E-state index in [-0.39, 0.29) is 10.8 Å². The van der Waals surface area contributed by atoms with Crippen molar-refractivity contribution in [1.82, 2.24) is 4.31 Å². The molecule has 5 rings (SSSR count). The van der Waals surface area contributed by atoms with Gasteiger partial charge in [0.05, 0.1) is 25.2 Å². The Hall–Kier alpha value is -2.88. The second kappa shape index (κ2) is 9.05. The molecule has 1 amide bonds. The number of fused-ring (bicyclic) bond motifs is 1. The van der Waals surface area contributed by atoms with Crippen LogP contribution in [0.1, 0.15) is 34.9 Å². The first-order valence-corrected chi connectivity index (χ1v) is 13.5. The first-order chi connectivity index (χ1) is 16.4. The maximum atomic E-state index is 13.9. The van der Waals surface area contributed by atoms with Crippen LogP contribution in [0.4, 0.5) is 5.69 Å². The average Bonchev–Trinajstić information content (AvgIpc) is 3.54. The molecule has 34 heavy (non-hydrogen) atoms. The Morgan fingerprint density at radius 2 is 1.71 bits per heavy atom. The van der Waals surface area contributed by atoms with Crippen molar-refractivity contribution in [2.75, 3.05) is 32.2 Å². The summed E-state index contributed by atoms with van der Waals surface area (Å²) in [6.07, 6.45) is 1.92. The highest BCUT2D eigenvalue weighted by atomic mass is 32.2. The molecule has 1 fully saturated rings. The standard InChI is InChI=1S/C25H26N2O5S2/c1-31-21-15-17-11-13-27(25(23-5-4-14-33-23)20(17)16-22(21)32-2)34(29,30)19-9-7-18(8-10-19)26-12-3-6-24(26)28/h4-5,7-10,14-16,25H,3,6,11-13H2,1-2H3/t25-/m1/s1. The Kier molecular flexibility index (Phi) is 6.09. The van der Waals surface area contributed by atoms with Gasteiger partial charge in [0.15, 0.2) is 11.5 Å². The molecule has 0 aliphatic carbocycles. The van der Waals surface area contributed by atoms with Crippen LogP contribution in [0.5, 0.6) is 11.5 Å². The number of nitrogens with zero attached hydrogens (tertiary/aromatic N) is 2. The van der Waals surface area contributed by atoms with E-state index in [9.17, 15) is 13.2 Å². The van der Waals surface area contributed by atoms with Gasteiger partial charge >= 0.3 is 0 Å². The zero-order valence-corrected chi connectivity index (χ0v) is 20.7. The Morgan fingerprint density at radius 1 is 0.971 bits per heavy atom. The monoisotopic (exact) mass is 498 g/mol. The molecular formula is C25H26N2O5S2. The van der Waals surface area contributed by atoms with Gasteiger partial charge in [0, 0.05) is 30.1 Å². The zero-order valence-electron chi connectivity index (χ0n) is 19.1. The molecule has 3 aromatic rings. The Bertz CT molecular complexity index is 1300. The summed E-state index contributed by atoms with van der Waals surface area (Å²) in [6, 6.07) is 13.9. The van der Waals surface area contributed by atoms with Crippen molar-refractivity contribution in [2.24, 2.45) is 0 Å². The summed E-state index contributed by atoms with van der Waals surface area (Å²) in [7, 11) is -0.630. The van der Waals surface area contributed by atoms with Crippen molar-refractivity contribution < 1.29 is 22.7 Å². The SMILES string of the molecule is COc1cc2c(cc1OC)[C@H](c1cccs1)N(S(=O)(=O)c1ccc(N3CCCC3=O)cc1)CC2. The van der Waals surface area contributed by atoms with Gasteiger partial charge in [0.1, 0.15) is 0 Å². The number of thiophene rings is 1. The lowest BCUT2D eigenvalue weighted by Gasteiger charge is -2.36. The van der Waals surface area contributed by atoms with Gasteiger partial charge in [0.25, 0.3) is 0 Å². The molecule has 3 heterocycles. The molecule has 0 N–H and O–H groups in total. The third-order valence-corrected chi connectivity index (χ3v) is 9.27. The van der Waals surface area contributed by atoms with Crippen molar-refractivity contribution >= 4 is 33.0 Å². The van der Waals surface area contributed by atoms with E-state index in [1.54, 1.807) is 47.7 Å². The number of rotatable bonds is 6. The van der Waals surface area contributed by atoms with E-state index in [4.69, 9.17) is 9.47 Å². The predicted molar refractivity (Wildman–Crippen MR) is 131 cm³/mol. The number of amides is 1. The molecule has 7 nitrogen and oxygen atoms in total. The fourth-order valence-electron chi connectivity index (χ4n) is 4.78. The second-order valence-electron chi connectivity index (χ2n) is 8.33. The molecule has 0 radical (unpaired) electrons. The van der Waals surface area contributed by atoms with Gasteiger partial charge < -0.3 is 14.4 Å². The summed E-state index contributed by atoms with van der Waals surface area (Å²) in [5, 5.41) is 1.96. The number of methoxy groups -OCH3 is 2. The summed E-state index contributed by atoms with van der Waals surface area (Å²) in [5.74, 6) is 1.28. The third kappa shape index (κ3) is 3.87. The van der Waals surface area contributed by atoms with Crippen LogP contribution in [0.25, 0.3) is 0 Å². The van der Waals surface area contributed by atoms with Crippen LogP contribution in [0, 0.1) is 0 Å². The highest BCUT2D eigenvalue weighted by Crippen LogP contribution is 2.44. The molecule has 0 bridgehead atoms. The zero-order chi connectivity index (χ0) is 23.9. The topological polar surface area (TPSA) is 76.2 Å². The lowest BCUT2D eigenvalue weighted by atomic mass is 9.92. The second-order valence-corrected chi connectivity index (χ2v) is 11.2. The Labute approximate surface area is 203 Å². The minimum Gasteiger partial charge on any atom is -0.493 e. The first kappa shape index (κ1) is 22.9. The predicted octanol–water partition coefficient (Wildman–Crippen LogP) is 4.23. The summed E-state index contributed by atoms with van der Waals surface area (Å²) in [5.41, 5.74) is 2.68. The largest absolute Gasteiger partial charge is 0.493 e. The van der Waals surface area contributed by atoms with Crippen LogP contribution < -0.4 is 14.4 Å². The molecule has 2 aliphatic rings. The van der Waals surface area contributed by atoms with Crippen LogP contribution in [-0.4, -0.2) is 45.9 Å². The molecule has 9 heteroatoms. The van der Waals surface area contributed by atoms with E-state index < -0.39 is 16.1 Å². The smallest absolute Gasteiger partial charge is 0.243 e. The Balaban J connectivity index is 1.55. The van der Waals surface area contributed by atoms with E-state index in [2.05, 4.69) is 0 Å². The van der Waals surface area contributed by atoms with Crippen LogP contribution in [0.3, 0.4) is 0 Å². The van der Waals surface area contributed by atoms with Crippen molar-refractivity contribution in [3.05, 3.63) is 69.9 Å². The van der Waals surface area contributed by atoms with Crippen LogP contribution in [0.15, 0.2) is 58.8 Å². The fraction of sp³-hybridized carbons (Fsp3) is 0.320. The number of anilines is 1. The minimum absolute atomic E-state index is 0.0744. The summed E-state index contributed by atoms with van der Waals surface area (Å²) in [6.45, 7) is 1.01. The summed E-state index contributed by atoms with van der Waals surface area (Å²) < 4.78 is 40.3. The van der Waals surface area contributed by atoms with E-state index in [0.717, 1.165) is 28.1 Å². The summed E-state index contributed by atoms with van der Waals surface area (Å²) in [4.78, 5) is 14.9. The van der Waals surface area contributed by atoms with Crippen LogP contribution in [0.2, 0.25) is 0 Å². The maximum absolute atomic E-state index is 13.9. The van der Waals surface area contributed by atoms with Gasteiger partial charge in [0.2, 0.25) is 15.9 Å². The lowest BCUT2D eigenvalue weighted by molar-refractivity contribution is -0.117. The highest BCUT2D eigenvalue weighted by Gasteiger charge is 2.39. The number of benzene rings is 2. The third-order valence-electron chi connectivity index (χ3n) is 6.47. The molecule has 0 spiro atoms. The number of carbonyl (C=O) groups is 1. The number of ether oxygens (including phenoxy) is 2. The molecule has 0 saturated carbocycles. The Morgan fingerprint density at radius 3 is 2.32 bits per heavy atom. The molecule has 2 aromatic carbocycles. The number of hydrogen-bond donors (Lipinski definition) is 0. The quantitative estimate of drug-likeness (QED) is 0.509. The molecule has 1 aromatic heterocycles. The first-order valence-electron chi connectivity index (χ1n) is 11.1. The van der Waals surface area contributed by atoms with Crippen LogP contribution in [-0.2, 0) is 21.2 Å². The van der Waals surface area contributed by atoms with Gasteiger partial charge in [-0.3, -0.25) is 4.79 Å². The van der Waals surface area contributed by atoms with Crippen LogP contribution >= 0.6 is 11.3 Å². The van der Waals surface area contributed by atoms with Gasteiger partial charge in [-0.25, -0.2) is 8.42 Å². The van der Waals surface area contributed by atoms with Crippen molar-refractivity contribution in [3.8, 4) is 11.5 Å². The molecular weight excluding hydrogens is 472 g/mol. The fourth-order valence-corrected chi connectivity index (χ4v) is 7.29. The molecule has 178 valence electrons. The maximum Gasteiger partial charge on any atom is 0.243 e. The summed E-state index contributed by atoms with van der Waals surface area (Å²) >= 11 is 1.53.